The maximum atomic E-state index is 13.0. The van der Waals surface area contributed by atoms with Crippen LogP contribution in [0.15, 0.2) is 71.9 Å². The molecule has 1 aliphatic carbocycles. The largest absolute Gasteiger partial charge is 0.345 e. The van der Waals surface area contributed by atoms with Crippen molar-refractivity contribution in [2.24, 2.45) is 0 Å². The van der Waals surface area contributed by atoms with Gasteiger partial charge in [0.25, 0.3) is 5.91 Å². The van der Waals surface area contributed by atoms with Gasteiger partial charge in [0.15, 0.2) is 0 Å². The standard InChI is InChI=1S/C22H19FN2OS/c23-17-10-7-15(8-11-17)14-27-22-19(6-3-13-24-22)21(26)25-20-12-9-16-4-1-2-5-18(16)20/h1-8,10-11,13,20H,9,12,14H2,(H,25,26). The fourth-order valence-electron chi connectivity index (χ4n) is 3.35. The van der Waals surface area contributed by atoms with Crippen molar-refractivity contribution in [2.75, 3.05) is 0 Å². The van der Waals surface area contributed by atoms with Crippen LogP contribution in [0.2, 0.25) is 0 Å². The molecule has 1 aliphatic rings. The molecule has 1 heterocycles. The molecule has 0 bridgehead atoms. The summed E-state index contributed by atoms with van der Waals surface area (Å²) < 4.78 is 13.0. The van der Waals surface area contributed by atoms with Gasteiger partial charge in [0.1, 0.15) is 10.8 Å². The second kappa shape index (κ2) is 7.92. The number of rotatable bonds is 5. The molecule has 0 spiro atoms. The summed E-state index contributed by atoms with van der Waals surface area (Å²) in [7, 11) is 0. The van der Waals surface area contributed by atoms with Crippen LogP contribution in [0, 0.1) is 5.82 Å². The highest BCUT2D eigenvalue weighted by atomic mass is 32.2. The van der Waals surface area contributed by atoms with Crippen molar-refractivity contribution in [3.8, 4) is 0 Å². The first-order valence-corrected chi connectivity index (χ1v) is 9.90. The summed E-state index contributed by atoms with van der Waals surface area (Å²) in [5.41, 5.74) is 4.08. The monoisotopic (exact) mass is 378 g/mol. The predicted octanol–water partition coefficient (Wildman–Crippen LogP) is 4.93. The zero-order chi connectivity index (χ0) is 18.6. The lowest BCUT2D eigenvalue weighted by molar-refractivity contribution is 0.0933. The average Bonchev–Trinajstić information content (AvgIpc) is 3.11. The summed E-state index contributed by atoms with van der Waals surface area (Å²) in [5.74, 6) is 0.272. The Balaban J connectivity index is 1.47. The molecule has 1 atom stereocenters. The number of carbonyl (C=O) groups excluding carboxylic acids is 1. The minimum atomic E-state index is -0.251. The summed E-state index contributed by atoms with van der Waals surface area (Å²) in [4.78, 5) is 17.3. The van der Waals surface area contributed by atoms with E-state index in [0.717, 1.165) is 18.4 Å². The van der Waals surface area contributed by atoms with Crippen molar-refractivity contribution >= 4 is 17.7 Å². The number of pyridine rings is 1. The number of aryl methyl sites for hydroxylation is 1. The highest BCUT2D eigenvalue weighted by Gasteiger charge is 2.24. The molecule has 0 saturated heterocycles. The first kappa shape index (κ1) is 17.7. The lowest BCUT2D eigenvalue weighted by Gasteiger charge is -2.15. The van der Waals surface area contributed by atoms with Crippen LogP contribution in [0.3, 0.4) is 0 Å². The van der Waals surface area contributed by atoms with Crippen molar-refractivity contribution in [3.05, 3.63) is 94.9 Å². The normalized spacial score (nSPS) is 15.4. The van der Waals surface area contributed by atoms with Crippen LogP contribution in [-0.2, 0) is 12.2 Å². The molecule has 1 aromatic heterocycles. The molecule has 0 saturated carbocycles. The van der Waals surface area contributed by atoms with Crippen LogP contribution in [0.5, 0.6) is 0 Å². The first-order chi connectivity index (χ1) is 13.2. The molecule has 1 amide bonds. The van der Waals surface area contributed by atoms with Crippen molar-refractivity contribution in [3.63, 3.8) is 0 Å². The highest BCUT2D eigenvalue weighted by Crippen LogP contribution is 2.31. The van der Waals surface area contributed by atoms with E-state index in [0.29, 0.717) is 16.3 Å². The molecule has 0 radical (unpaired) electrons. The van der Waals surface area contributed by atoms with E-state index >= 15 is 0 Å². The Bertz CT molecular complexity index is 959. The minimum Gasteiger partial charge on any atom is -0.345 e. The Morgan fingerprint density at radius 1 is 1.11 bits per heavy atom. The van der Waals surface area contributed by atoms with E-state index in [1.807, 2.05) is 12.1 Å². The molecule has 4 rings (SSSR count). The van der Waals surface area contributed by atoms with Gasteiger partial charge in [-0.25, -0.2) is 9.37 Å². The van der Waals surface area contributed by atoms with Crippen LogP contribution in [-0.4, -0.2) is 10.9 Å². The fourth-order valence-corrected chi connectivity index (χ4v) is 4.30. The van der Waals surface area contributed by atoms with E-state index in [1.54, 1.807) is 30.5 Å². The smallest absolute Gasteiger partial charge is 0.254 e. The Labute approximate surface area is 162 Å². The van der Waals surface area contributed by atoms with Crippen molar-refractivity contribution in [1.29, 1.82) is 0 Å². The number of hydrogen-bond acceptors (Lipinski definition) is 3. The van der Waals surface area contributed by atoms with Gasteiger partial charge in [0.05, 0.1) is 11.6 Å². The summed E-state index contributed by atoms with van der Waals surface area (Å²) >= 11 is 1.48. The van der Waals surface area contributed by atoms with Gasteiger partial charge in [-0.15, -0.1) is 11.8 Å². The number of thioether (sulfide) groups is 1. The van der Waals surface area contributed by atoms with Crippen molar-refractivity contribution in [1.82, 2.24) is 10.3 Å². The molecule has 27 heavy (non-hydrogen) atoms. The van der Waals surface area contributed by atoms with Crippen LogP contribution in [0.1, 0.15) is 39.5 Å². The number of nitrogens with zero attached hydrogens (tertiary/aromatic N) is 1. The third-order valence-corrected chi connectivity index (χ3v) is 5.82. The van der Waals surface area contributed by atoms with Gasteiger partial charge < -0.3 is 5.32 Å². The minimum absolute atomic E-state index is 0.0452. The van der Waals surface area contributed by atoms with E-state index < -0.39 is 0 Å². The van der Waals surface area contributed by atoms with Gasteiger partial charge >= 0.3 is 0 Å². The summed E-state index contributed by atoms with van der Waals surface area (Å²) in [5, 5.41) is 3.84. The van der Waals surface area contributed by atoms with Crippen LogP contribution < -0.4 is 5.32 Å². The van der Waals surface area contributed by atoms with Crippen LogP contribution >= 0.6 is 11.8 Å². The second-order valence-corrected chi connectivity index (χ2v) is 7.50. The SMILES string of the molecule is O=C(NC1CCc2ccccc21)c1cccnc1SCc1ccc(F)cc1. The van der Waals surface area contributed by atoms with Crippen molar-refractivity contribution in [2.45, 2.75) is 29.7 Å². The molecule has 3 nitrogen and oxygen atoms in total. The lowest BCUT2D eigenvalue weighted by atomic mass is 10.1. The third-order valence-electron chi connectivity index (χ3n) is 4.74. The Morgan fingerprint density at radius 3 is 2.78 bits per heavy atom. The number of fused-ring (bicyclic) bond motifs is 1. The molecule has 0 fully saturated rings. The Morgan fingerprint density at radius 2 is 1.93 bits per heavy atom. The number of nitrogens with one attached hydrogen (secondary N) is 1. The summed E-state index contributed by atoms with van der Waals surface area (Å²) in [6.07, 6.45) is 3.60. The fraction of sp³-hybridized carbons (Fsp3) is 0.182. The van der Waals surface area contributed by atoms with Gasteiger partial charge in [0.2, 0.25) is 0 Å². The molecule has 2 aromatic carbocycles. The van der Waals surface area contributed by atoms with E-state index in [2.05, 4.69) is 22.4 Å². The number of hydrogen-bond donors (Lipinski definition) is 1. The molecule has 1 N–H and O–H groups in total. The van der Waals surface area contributed by atoms with E-state index in [9.17, 15) is 9.18 Å². The molecular formula is C22H19FN2OS. The summed E-state index contributed by atoms with van der Waals surface area (Å²) in [6, 6.07) is 18.3. The van der Waals surface area contributed by atoms with Gasteiger partial charge in [-0.05, 0) is 53.8 Å². The zero-order valence-corrected chi connectivity index (χ0v) is 15.5. The van der Waals surface area contributed by atoms with Crippen molar-refractivity contribution < 1.29 is 9.18 Å². The molecule has 5 heteroatoms. The maximum absolute atomic E-state index is 13.0. The predicted molar refractivity (Wildman–Crippen MR) is 105 cm³/mol. The van der Waals surface area contributed by atoms with Gasteiger partial charge in [-0.1, -0.05) is 36.4 Å². The van der Waals surface area contributed by atoms with E-state index in [-0.39, 0.29) is 17.8 Å². The van der Waals surface area contributed by atoms with Gasteiger partial charge in [0, 0.05) is 11.9 Å². The molecule has 1 unspecified atom stereocenters. The van der Waals surface area contributed by atoms with E-state index in [4.69, 9.17) is 0 Å². The summed E-state index contributed by atoms with van der Waals surface area (Å²) in [6.45, 7) is 0. The topological polar surface area (TPSA) is 42.0 Å². The van der Waals surface area contributed by atoms with Gasteiger partial charge in [-0.3, -0.25) is 4.79 Å². The van der Waals surface area contributed by atoms with Crippen LogP contribution in [0.4, 0.5) is 4.39 Å². The van der Waals surface area contributed by atoms with Gasteiger partial charge in [-0.2, -0.15) is 0 Å². The highest BCUT2D eigenvalue weighted by molar-refractivity contribution is 7.98. The number of benzene rings is 2. The molecule has 136 valence electrons. The number of amides is 1. The zero-order valence-electron chi connectivity index (χ0n) is 14.7. The third kappa shape index (κ3) is 4.03. The first-order valence-electron chi connectivity index (χ1n) is 8.91. The number of halogens is 1. The molecule has 0 aliphatic heterocycles. The van der Waals surface area contributed by atoms with E-state index in [1.165, 1.54) is 35.0 Å². The number of carbonyl (C=O) groups is 1. The maximum Gasteiger partial charge on any atom is 0.254 e. The molecule has 3 aromatic rings. The average molecular weight is 378 g/mol. The van der Waals surface area contributed by atoms with Crippen LogP contribution in [0.25, 0.3) is 0 Å². The Kier molecular flexibility index (Phi) is 5.21. The Hall–Kier alpha value is -2.66. The quantitative estimate of drug-likeness (QED) is 0.640. The number of aromatic nitrogens is 1. The molecular weight excluding hydrogens is 359 g/mol. The second-order valence-electron chi connectivity index (χ2n) is 6.53. The lowest BCUT2D eigenvalue weighted by Crippen LogP contribution is -2.27.